The van der Waals surface area contributed by atoms with E-state index in [-0.39, 0.29) is 11.4 Å². The second-order valence-electron chi connectivity index (χ2n) is 7.65. The van der Waals surface area contributed by atoms with E-state index in [9.17, 15) is 9.18 Å². The van der Waals surface area contributed by atoms with Crippen molar-refractivity contribution in [2.75, 3.05) is 17.4 Å². The molecule has 3 aromatic heterocycles. The summed E-state index contributed by atoms with van der Waals surface area (Å²) < 4.78 is 15.0. The van der Waals surface area contributed by atoms with Crippen LogP contribution in [-0.4, -0.2) is 36.6 Å². The minimum absolute atomic E-state index is 0.301. The fourth-order valence-electron chi connectivity index (χ4n) is 3.87. The lowest BCUT2D eigenvalue weighted by Gasteiger charge is -2.28. The first-order chi connectivity index (χ1) is 16.5. The predicted octanol–water partition coefficient (Wildman–Crippen LogP) is 4.32. The van der Waals surface area contributed by atoms with Crippen LogP contribution in [0.1, 0.15) is 25.2 Å². The van der Waals surface area contributed by atoms with Crippen molar-refractivity contribution < 1.29 is 4.39 Å². The maximum Gasteiger partial charge on any atom is 0.282 e. The third-order valence-electron chi connectivity index (χ3n) is 5.60. The number of fused-ring (bicyclic) bond motifs is 2. The van der Waals surface area contributed by atoms with Crippen molar-refractivity contribution in [3.8, 4) is 0 Å². The van der Waals surface area contributed by atoms with Gasteiger partial charge in [0.15, 0.2) is 17.3 Å². The summed E-state index contributed by atoms with van der Waals surface area (Å²) in [5, 5.41) is 5.61. The zero-order valence-corrected chi connectivity index (χ0v) is 19.1. The Bertz CT molecular complexity index is 1550. The molecule has 5 aromatic rings. The molecule has 0 amide bonds. The van der Waals surface area contributed by atoms with E-state index in [1.54, 1.807) is 48.7 Å². The number of imidazole rings is 1. The molecule has 0 spiro atoms. The number of nitrogens with one attached hydrogen (secondary N) is 2. The SMILES string of the molecule is CCC(Nc1ncnc2nc[nH]c12)c1nc2cccc(Cl)c2c(=O)n1N(C)c1ccc(F)cc1. The van der Waals surface area contributed by atoms with Crippen molar-refractivity contribution in [2.45, 2.75) is 19.4 Å². The van der Waals surface area contributed by atoms with Crippen LogP contribution in [0.2, 0.25) is 5.02 Å². The Morgan fingerprint density at radius 3 is 2.74 bits per heavy atom. The lowest BCUT2D eigenvalue weighted by Crippen LogP contribution is -2.40. The Kier molecular flexibility index (Phi) is 5.58. The smallest absolute Gasteiger partial charge is 0.282 e. The summed E-state index contributed by atoms with van der Waals surface area (Å²) in [5.41, 5.74) is 1.90. The molecule has 0 aliphatic heterocycles. The van der Waals surface area contributed by atoms with Gasteiger partial charge in [0.25, 0.3) is 5.56 Å². The highest BCUT2D eigenvalue weighted by Crippen LogP contribution is 2.27. The topological polar surface area (TPSA) is 105 Å². The molecule has 1 unspecified atom stereocenters. The third-order valence-corrected chi connectivity index (χ3v) is 5.92. The molecule has 0 saturated heterocycles. The maximum absolute atomic E-state index is 13.7. The van der Waals surface area contributed by atoms with Gasteiger partial charge in [0.1, 0.15) is 17.7 Å². The molecule has 3 heterocycles. The molecule has 172 valence electrons. The van der Waals surface area contributed by atoms with Gasteiger partial charge in [-0.15, -0.1) is 0 Å². The van der Waals surface area contributed by atoms with Crippen molar-refractivity contribution in [1.82, 2.24) is 29.6 Å². The largest absolute Gasteiger partial charge is 0.358 e. The van der Waals surface area contributed by atoms with Crippen LogP contribution in [-0.2, 0) is 0 Å². The highest BCUT2D eigenvalue weighted by molar-refractivity contribution is 6.35. The highest BCUT2D eigenvalue weighted by atomic mass is 35.5. The molecule has 2 aromatic carbocycles. The van der Waals surface area contributed by atoms with Gasteiger partial charge in [-0.05, 0) is 42.8 Å². The van der Waals surface area contributed by atoms with Gasteiger partial charge in [0.05, 0.1) is 34.0 Å². The van der Waals surface area contributed by atoms with Gasteiger partial charge in [0.2, 0.25) is 0 Å². The molecule has 0 aliphatic rings. The van der Waals surface area contributed by atoms with E-state index in [4.69, 9.17) is 16.6 Å². The minimum atomic E-state index is -0.416. The number of halogens is 2. The Morgan fingerprint density at radius 1 is 1.18 bits per heavy atom. The van der Waals surface area contributed by atoms with Gasteiger partial charge in [-0.25, -0.2) is 29.0 Å². The normalized spacial score (nSPS) is 12.2. The Hall–Kier alpha value is -4.05. The van der Waals surface area contributed by atoms with Crippen LogP contribution in [0.5, 0.6) is 0 Å². The summed E-state index contributed by atoms with van der Waals surface area (Å²) in [4.78, 5) is 34.3. The molecule has 9 nitrogen and oxygen atoms in total. The lowest BCUT2D eigenvalue weighted by molar-refractivity contribution is 0.593. The van der Waals surface area contributed by atoms with Crippen LogP contribution in [0.4, 0.5) is 15.9 Å². The Morgan fingerprint density at radius 2 is 1.97 bits per heavy atom. The quantitative estimate of drug-likeness (QED) is 0.374. The second kappa shape index (κ2) is 8.71. The van der Waals surface area contributed by atoms with Crippen molar-refractivity contribution in [2.24, 2.45) is 0 Å². The van der Waals surface area contributed by atoms with Crippen LogP contribution in [0.25, 0.3) is 22.1 Å². The van der Waals surface area contributed by atoms with Gasteiger partial charge in [-0.1, -0.05) is 24.6 Å². The number of benzene rings is 2. The molecule has 5 rings (SSSR count). The van der Waals surface area contributed by atoms with Crippen molar-refractivity contribution in [3.05, 3.63) is 82.1 Å². The lowest BCUT2D eigenvalue weighted by atomic mass is 10.1. The van der Waals surface area contributed by atoms with E-state index in [1.807, 2.05) is 6.92 Å². The van der Waals surface area contributed by atoms with Crippen molar-refractivity contribution in [3.63, 3.8) is 0 Å². The first-order valence-electron chi connectivity index (χ1n) is 10.6. The van der Waals surface area contributed by atoms with Crippen molar-refractivity contribution >= 4 is 45.2 Å². The molecule has 34 heavy (non-hydrogen) atoms. The van der Waals surface area contributed by atoms with E-state index in [0.29, 0.717) is 50.8 Å². The van der Waals surface area contributed by atoms with Crippen LogP contribution in [0.15, 0.2) is 59.9 Å². The Labute approximate surface area is 198 Å². The number of H-pyrrole nitrogens is 1. The van der Waals surface area contributed by atoms with Crippen LogP contribution in [0.3, 0.4) is 0 Å². The number of aromatic nitrogens is 6. The molecular weight excluding hydrogens is 459 g/mol. The molecule has 11 heteroatoms. The zero-order valence-electron chi connectivity index (χ0n) is 18.3. The van der Waals surface area contributed by atoms with E-state index in [1.165, 1.54) is 23.1 Å². The maximum atomic E-state index is 13.7. The fourth-order valence-corrected chi connectivity index (χ4v) is 4.13. The second-order valence-corrected chi connectivity index (χ2v) is 8.06. The third kappa shape index (κ3) is 3.71. The number of aromatic amines is 1. The molecule has 0 bridgehead atoms. The zero-order chi connectivity index (χ0) is 23.8. The van der Waals surface area contributed by atoms with E-state index in [0.717, 1.165) is 0 Å². The summed E-state index contributed by atoms with van der Waals surface area (Å²) in [7, 11) is 1.72. The first-order valence-corrected chi connectivity index (χ1v) is 11.0. The molecular formula is C23H20ClFN8O. The highest BCUT2D eigenvalue weighted by Gasteiger charge is 2.24. The average Bonchev–Trinajstić information content (AvgIpc) is 3.32. The Balaban J connectivity index is 1.71. The van der Waals surface area contributed by atoms with E-state index < -0.39 is 6.04 Å². The van der Waals surface area contributed by atoms with E-state index >= 15 is 0 Å². The number of hydrogen-bond acceptors (Lipinski definition) is 7. The molecule has 1 atom stereocenters. The van der Waals surface area contributed by atoms with E-state index in [2.05, 4.69) is 25.3 Å². The van der Waals surface area contributed by atoms with Gasteiger partial charge in [-0.3, -0.25) is 9.80 Å². The summed E-state index contributed by atoms with van der Waals surface area (Å²) in [5.74, 6) is 0.607. The van der Waals surface area contributed by atoms with Crippen molar-refractivity contribution in [1.29, 1.82) is 0 Å². The van der Waals surface area contributed by atoms with Gasteiger partial charge in [-0.2, -0.15) is 0 Å². The molecule has 0 radical (unpaired) electrons. The van der Waals surface area contributed by atoms with Gasteiger partial charge in [0, 0.05) is 7.05 Å². The van der Waals surface area contributed by atoms with Gasteiger partial charge < -0.3 is 10.3 Å². The fraction of sp³-hybridized carbons (Fsp3) is 0.174. The molecule has 0 saturated carbocycles. The summed E-state index contributed by atoms with van der Waals surface area (Å²) in [6.07, 6.45) is 3.54. The van der Waals surface area contributed by atoms with Crippen LogP contribution >= 0.6 is 11.6 Å². The summed E-state index contributed by atoms with van der Waals surface area (Å²) in [6, 6.07) is 10.6. The minimum Gasteiger partial charge on any atom is -0.358 e. The number of anilines is 2. The number of hydrogen-bond donors (Lipinski definition) is 2. The van der Waals surface area contributed by atoms with Crippen LogP contribution < -0.4 is 15.9 Å². The molecule has 0 fully saturated rings. The molecule has 0 aliphatic carbocycles. The average molecular weight is 479 g/mol. The number of nitrogens with zero attached hydrogens (tertiary/aromatic N) is 6. The number of rotatable bonds is 6. The summed E-state index contributed by atoms with van der Waals surface area (Å²) in [6.45, 7) is 1.97. The monoisotopic (exact) mass is 478 g/mol. The first kappa shape index (κ1) is 21.8. The standard InChI is InChI=1S/C23H20ClFN8O/c1-3-16(30-21-19-20(27-11-26-19)28-12-29-21)22-31-17-6-4-5-15(24)18(17)23(34)33(22)32(2)14-9-7-13(25)8-10-14/h4-12,16H,3H2,1-2H3,(H2,26,27,28,29,30). The van der Waals surface area contributed by atoms with Gasteiger partial charge >= 0.3 is 0 Å². The molecule has 2 N–H and O–H groups in total. The van der Waals surface area contributed by atoms with Crippen LogP contribution in [0, 0.1) is 5.82 Å². The summed E-state index contributed by atoms with van der Waals surface area (Å²) >= 11 is 6.39. The predicted molar refractivity (Wildman–Crippen MR) is 130 cm³/mol.